The predicted octanol–water partition coefficient (Wildman–Crippen LogP) is 7.52. The Kier molecular flexibility index (Phi) is 6.74. The first-order chi connectivity index (χ1) is 17.9. The zero-order valence-electron chi connectivity index (χ0n) is 21.8. The maximum absolute atomic E-state index is 10.4. The Bertz CT molecular complexity index is 1490. The summed E-state index contributed by atoms with van der Waals surface area (Å²) in [5.74, 6) is 0.258. The predicted molar refractivity (Wildman–Crippen MR) is 160 cm³/mol. The van der Waals surface area contributed by atoms with Crippen molar-refractivity contribution in [3.05, 3.63) is 132 Å². The van der Waals surface area contributed by atoms with Crippen LogP contribution in [0.25, 0.3) is 0 Å². The van der Waals surface area contributed by atoms with E-state index in [-0.39, 0.29) is 5.75 Å². The number of nitrogens with zero attached hydrogens (tertiary/aromatic N) is 2. The van der Waals surface area contributed by atoms with Crippen LogP contribution >= 0.6 is 0 Å². The Morgan fingerprint density at radius 3 is 1.38 bits per heavy atom. The highest BCUT2D eigenvalue weighted by Gasteiger charge is 2.16. The van der Waals surface area contributed by atoms with Crippen molar-refractivity contribution in [1.82, 2.24) is 0 Å². The van der Waals surface area contributed by atoms with Gasteiger partial charge in [-0.15, -0.1) is 0 Å². The summed E-state index contributed by atoms with van der Waals surface area (Å²) >= 11 is 0. The Morgan fingerprint density at radius 2 is 0.919 bits per heavy atom. The number of benzene rings is 5. The lowest BCUT2D eigenvalue weighted by Gasteiger charge is -2.29. The minimum absolute atomic E-state index is 0.258. The van der Waals surface area contributed by atoms with Crippen LogP contribution < -0.4 is 15.3 Å². The molecule has 0 amide bonds. The van der Waals surface area contributed by atoms with Crippen LogP contribution in [0.5, 0.6) is 5.75 Å². The number of phenolic OH excluding ortho intramolecular Hbond substituents is 1. The second-order valence-corrected chi connectivity index (χ2v) is 9.72. The molecule has 0 spiro atoms. The Balaban J connectivity index is 1.60. The minimum Gasteiger partial charge on any atom is -0.508 e. The van der Waals surface area contributed by atoms with Crippen molar-refractivity contribution < 1.29 is 5.11 Å². The third-order valence-electron chi connectivity index (χ3n) is 6.52. The highest BCUT2D eigenvalue weighted by Crippen LogP contribution is 2.39. The Labute approximate surface area is 220 Å². The van der Waals surface area contributed by atoms with Crippen molar-refractivity contribution in [3.8, 4) is 5.75 Å². The zero-order valence-corrected chi connectivity index (χ0v) is 21.8. The SMILES string of the molecule is Bc1cc(O)cc(N(c2ccc(C)cc2)c2ccc(N(c3ccc(C)cc3)c3cccc(C)c3)cc2)c1. The molecule has 0 aliphatic carbocycles. The van der Waals surface area contributed by atoms with Crippen LogP contribution in [0.3, 0.4) is 0 Å². The van der Waals surface area contributed by atoms with E-state index in [1.165, 1.54) is 16.7 Å². The molecule has 37 heavy (non-hydrogen) atoms. The van der Waals surface area contributed by atoms with Crippen LogP contribution in [-0.4, -0.2) is 13.0 Å². The number of aryl methyl sites for hydroxylation is 3. The molecule has 5 aromatic rings. The fourth-order valence-corrected chi connectivity index (χ4v) is 4.67. The highest BCUT2D eigenvalue weighted by molar-refractivity contribution is 6.32. The molecule has 0 aliphatic rings. The second-order valence-electron chi connectivity index (χ2n) is 9.72. The average molecular weight is 482 g/mol. The molecule has 182 valence electrons. The number of hydrogen-bond donors (Lipinski definition) is 1. The largest absolute Gasteiger partial charge is 0.508 e. The molecule has 1 N–H and O–H groups in total. The van der Waals surface area contributed by atoms with Crippen LogP contribution in [0.1, 0.15) is 16.7 Å². The van der Waals surface area contributed by atoms with Crippen molar-refractivity contribution >= 4 is 47.4 Å². The molecule has 0 unspecified atom stereocenters. The van der Waals surface area contributed by atoms with Crippen molar-refractivity contribution in [1.29, 1.82) is 0 Å². The molecule has 0 saturated carbocycles. The van der Waals surface area contributed by atoms with Gasteiger partial charge in [0.2, 0.25) is 0 Å². The molecule has 0 heterocycles. The van der Waals surface area contributed by atoms with Gasteiger partial charge in [0.25, 0.3) is 0 Å². The van der Waals surface area contributed by atoms with Gasteiger partial charge in [-0.2, -0.15) is 0 Å². The summed E-state index contributed by atoms with van der Waals surface area (Å²) in [5.41, 5.74) is 11.0. The van der Waals surface area contributed by atoms with E-state index in [1.54, 1.807) is 6.07 Å². The molecule has 0 fully saturated rings. The first kappa shape index (κ1) is 24.3. The summed E-state index contributed by atoms with van der Waals surface area (Å²) in [5, 5.41) is 10.4. The van der Waals surface area contributed by atoms with Crippen LogP contribution in [0.2, 0.25) is 0 Å². The van der Waals surface area contributed by atoms with Gasteiger partial charge in [0, 0.05) is 40.2 Å². The molecule has 0 bridgehead atoms. The number of hydrogen-bond acceptors (Lipinski definition) is 3. The zero-order chi connectivity index (χ0) is 25.9. The molecule has 5 aromatic carbocycles. The molecular weight excluding hydrogens is 451 g/mol. The molecule has 3 nitrogen and oxygen atoms in total. The van der Waals surface area contributed by atoms with E-state index in [1.807, 2.05) is 13.9 Å². The molecule has 5 rings (SSSR count). The molecule has 0 aromatic heterocycles. The van der Waals surface area contributed by atoms with Crippen molar-refractivity contribution in [2.45, 2.75) is 20.8 Å². The summed E-state index contributed by atoms with van der Waals surface area (Å²) in [6.07, 6.45) is 0. The van der Waals surface area contributed by atoms with Gasteiger partial charge < -0.3 is 14.9 Å². The fourth-order valence-electron chi connectivity index (χ4n) is 4.67. The van der Waals surface area contributed by atoms with E-state index in [0.717, 1.165) is 39.6 Å². The van der Waals surface area contributed by atoms with Crippen LogP contribution in [0.15, 0.2) is 115 Å². The summed E-state index contributed by atoms with van der Waals surface area (Å²) in [6.45, 7) is 6.32. The fraction of sp³-hybridized carbons (Fsp3) is 0.0909. The van der Waals surface area contributed by atoms with Gasteiger partial charge >= 0.3 is 0 Å². The van der Waals surface area contributed by atoms with Gasteiger partial charge in [-0.1, -0.05) is 53.0 Å². The monoisotopic (exact) mass is 482 g/mol. The average Bonchev–Trinajstić information content (AvgIpc) is 2.87. The van der Waals surface area contributed by atoms with Crippen molar-refractivity contribution in [2.24, 2.45) is 0 Å². The Hall–Kier alpha value is -4.44. The van der Waals surface area contributed by atoms with E-state index in [0.29, 0.717) is 0 Å². The number of aromatic hydroxyl groups is 1. The van der Waals surface area contributed by atoms with E-state index in [2.05, 4.69) is 134 Å². The quantitative estimate of drug-likeness (QED) is 0.254. The maximum atomic E-state index is 10.4. The normalized spacial score (nSPS) is 10.8. The smallest absolute Gasteiger partial charge is 0.139 e. The molecular formula is C33H31BN2O. The van der Waals surface area contributed by atoms with E-state index in [9.17, 15) is 5.11 Å². The van der Waals surface area contributed by atoms with Gasteiger partial charge in [-0.05, 0) is 99.1 Å². The summed E-state index contributed by atoms with van der Waals surface area (Å²) < 4.78 is 0. The molecule has 0 atom stereocenters. The lowest BCUT2D eigenvalue weighted by molar-refractivity contribution is 0.476. The van der Waals surface area contributed by atoms with Gasteiger partial charge in [-0.3, -0.25) is 0 Å². The minimum atomic E-state index is 0.258. The summed E-state index contributed by atoms with van der Waals surface area (Å²) in [6, 6.07) is 40.0. The number of phenols is 1. The van der Waals surface area contributed by atoms with Gasteiger partial charge in [0.1, 0.15) is 13.6 Å². The summed E-state index contributed by atoms with van der Waals surface area (Å²) in [4.78, 5) is 4.46. The van der Waals surface area contributed by atoms with E-state index < -0.39 is 0 Å². The Morgan fingerprint density at radius 1 is 0.459 bits per heavy atom. The maximum Gasteiger partial charge on any atom is 0.139 e. The topological polar surface area (TPSA) is 26.7 Å². The van der Waals surface area contributed by atoms with Crippen LogP contribution in [0, 0.1) is 20.8 Å². The molecule has 4 heteroatoms. The lowest BCUT2D eigenvalue weighted by Crippen LogP contribution is -2.14. The third kappa shape index (κ3) is 5.39. The third-order valence-corrected chi connectivity index (χ3v) is 6.52. The molecule has 0 radical (unpaired) electrons. The highest BCUT2D eigenvalue weighted by atomic mass is 16.3. The van der Waals surface area contributed by atoms with Crippen LogP contribution in [0.4, 0.5) is 34.1 Å². The standard InChI is InChI=1S/C33H31BN2O/c1-23-7-11-27(12-8-23)35(31-6-4-5-25(3)19-31)29-15-17-30(18-16-29)36(28-13-9-24(2)10-14-28)32-20-26(34)21-33(37)22-32/h4-22,37H,34H2,1-3H3. The van der Waals surface area contributed by atoms with Crippen molar-refractivity contribution in [2.75, 3.05) is 9.80 Å². The second kappa shape index (κ2) is 10.3. The van der Waals surface area contributed by atoms with Crippen molar-refractivity contribution in [3.63, 3.8) is 0 Å². The van der Waals surface area contributed by atoms with Gasteiger partial charge in [0.05, 0.1) is 0 Å². The van der Waals surface area contributed by atoms with Gasteiger partial charge in [-0.25, -0.2) is 0 Å². The van der Waals surface area contributed by atoms with E-state index in [4.69, 9.17) is 0 Å². The number of anilines is 6. The number of rotatable bonds is 6. The van der Waals surface area contributed by atoms with Crippen LogP contribution in [-0.2, 0) is 0 Å². The summed E-state index contributed by atoms with van der Waals surface area (Å²) in [7, 11) is 2.00. The first-order valence-electron chi connectivity index (χ1n) is 12.6. The molecule has 0 saturated heterocycles. The first-order valence-corrected chi connectivity index (χ1v) is 12.6. The lowest BCUT2D eigenvalue weighted by atomic mass is 9.95. The van der Waals surface area contributed by atoms with Gasteiger partial charge in [0.15, 0.2) is 0 Å². The van der Waals surface area contributed by atoms with E-state index >= 15 is 0 Å². The molecule has 0 aliphatic heterocycles.